The van der Waals surface area contributed by atoms with Crippen molar-refractivity contribution in [2.75, 3.05) is 24.2 Å². The van der Waals surface area contributed by atoms with Crippen molar-refractivity contribution in [2.45, 2.75) is 36.3 Å². The third kappa shape index (κ3) is 8.83. The van der Waals surface area contributed by atoms with E-state index in [4.69, 9.17) is 28.2 Å². The molecule has 2 N–H and O–H groups in total. The van der Waals surface area contributed by atoms with Crippen LogP contribution in [0.2, 0.25) is 10.0 Å². The fourth-order valence-corrected chi connectivity index (χ4v) is 6.44. The summed E-state index contributed by atoms with van der Waals surface area (Å²) in [7, 11) is 0. The van der Waals surface area contributed by atoms with E-state index in [1.54, 1.807) is 23.7 Å². The standard InChI is InChI=1S/C29H29Cl2N5OS2.ClH/c30-25-5-4-21(14-26(25)31)17-36-12-8-23(9-13-36)34-28(37)19-39-29-35-27(18-38-29)22-2-1-3-24(15-22)33-16-20-6-10-32-11-7-20;/h1-7,10-11,14-15,18,23,33H,8-9,12-13,16-17,19H2,(H,34,37);1H. The molecule has 3 heterocycles. The number of nitrogens with zero attached hydrogens (tertiary/aromatic N) is 3. The van der Waals surface area contributed by atoms with Gasteiger partial charge in [-0.1, -0.05) is 53.2 Å². The Hall–Kier alpha value is -2.33. The molecular formula is C29H30Cl3N5OS2. The van der Waals surface area contributed by atoms with E-state index in [2.05, 4.69) is 38.7 Å². The molecule has 1 aliphatic heterocycles. The summed E-state index contributed by atoms with van der Waals surface area (Å²) in [6, 6.07) is 18.2. The van der Waals surface area contributed by atoms with Crippen LogP contribution in [0.4, 0.5) is 5.69 Å². The van der Waals surface area contributed by atoms with Gasteiger partial charge in [-0.15, -0.1) is 23.7 Å². The van der Waals surface area contributed by atoms with Crippen LogP contribution in [0.25, 0.3) is 11.3 Å². The number of anilines is 1. The lowest BCUT2D eigenvalue weighted by atomic mass is 10.0. The van der Waals surface area contributed by atoms with E-state index < -0.39 is 0 Å². The molecule has 0 spiro atoms. The predicted octanol–water partition coefficient (Wildman–Crippen LogP) is 7.42. The van der Waals surface area contributed by atoms with Crippen molar-refractivity contribution in [3.63, 3.8) is 0 Å². The van der Waals surface area contributed by atoms with Gasteiger partial charge >= 0.3 is 0 Å². The number of halogens is 3. The van der Waals surface area contributed by atoms with E-state index in [1.807, 2.05) is 41.8 Å². The molecule has 1 aliphatic rings. The number of hydrogen-bond donors (Lipinski definition) is 2. The smallest absolute Gasteiger partial charge is 0.230 e. The molecular weight excluding hydrogens is 605 g/mol. The number of carbonyl (C=O) groups is 1. The van der Waals surface area contributed by atoms with Crippen LogP contribution in [-0.2, 0) is 17.9 Å². The molecule has 0 bridgehead atoms. The zero-order valence-corrected chi connectivity index (χ0v) is 25.6. The van der Waals surface area contributed by atoms with E-state index in [1.165, 1.54) is 17.3 Å². The Morgan fingerprint density at radius 2 is 1.82 bits per heavy atom. The van der Waals surface area contributed by atoms with Crippen molar-refractivity contribution in [3.8, 4) is 11.3 Å². The summed E-state index contributed by atoms with van der Waals surface area (Å²) in [4.78, 5) is 23.8. The summed E-state index contributed by atoms with van der Waals surface area (Å²) in [6.45, 7) is 3.44. The van der Waals surface area contributed by atoms with Crippen molar-refractivity contribution >= 4 is 70.3 Å². The van der Waals surface area contributed by atoms with Crippen molar-refractivity contribution in [3.05, 3.63) is 93.5 Å². The fourth-order valence-electron chi connectivity index (χ4n) is 4.48. The molecule has 0 aliphatic carbocycles. The summed E-state index contributed by atoms with van der Waals surface area (Å²) in [6.07, 6.45) is 5.47. The van der Waals surface area contributed by atoms with Gasteiger partial charge in [-0.2, -0.15) is 0 Å². The molecule has 4 aromatic rings. The van der Waals surface area contributed by atoms with Gasteiger partial charge in [-0.3, -0.25) is 14.7 Å². The number of rotatable bonds is 10. The van der Waals surface area contributed by atoms with E-state index in [0.717, 1.165) is 65.9 Å². The van der Waals surface area contributed by atoms with E-state index in [9.17, 15) is 4.79 Å². The Labute approximate surface area is 259 Å². The van der Waals surface area contributed by atoms with Crippen LogP contribution in [0.15, 0.2) is 76.7 Å². The summed E-state index contributed by atoms with van der Waals surface area (Å²) in [5.74, 6) is 0.422. The normalized spacial score (nSPS) is 13.9. The minimum atomic E-state index is 0. The number of thioether (sulfide) groups is 1. The SMILES string of the molecule is Cl.O=C(CSc1nc(-c2cccc(NCc3ccncc3)c2)cs1)NC1CCN(Cc2ccc(Cl)c(Cl)c2)CC1. The van der Waals surface area contributed by atoms with Gasteiger partial charge in [0.05, 0.1) is 21.5 Å². The molecule has 40 heavy (non-hydrogen) atoms. The van der Waals surface area contributed by atoms with Crippen LogP contribution >= 0.6 is 58.7 Å². The van der Waals surface area contributed by atoms with Gasteiger partial charge < -0.3 is 10.6 Å². The molecule has 5 rings (SSSR count). The van der Waals surface area contributed by atoms with E-state index >= 15 is 0 Å². The molecule has 0 radical (unpaired) electrons. The van der Waals surface area contributed by atoms with Crippen LogP contribution in [0.3, 0.4) is 0 Å². The Morgan fingerprint density at radius 1 is 1.02 bits per heavy atom. The number of carbonyl (C=O) groups excluding carboxylic acids is 1. The second kappa shape index (κ2) is 15.1. The largest absolute Gasteiger partial charge is 0.381 e. The summed E-state index contributed by atoms with van der Waals surface area (Å²) in [5.41, 5.74) is 5.34. The summed E-state index contributed by atoms with van der Waals surface area (Å²) >= 11 is 15.2. The average molecular weight is 635 g/mol. The highest BCUT2D eigenvalue weighted by Crippen LogP contribution is 2.30. The summed E-state index contributed by atoms with van der Waals surface area (Å²) < 4.78 is 0.895. The van der Waals surface area contributed by atoms with Crippen molar-refractivity contribution < 1.29 is 4.79 Å². The van der Waals surface area contributed by atoms with Gasteiger partial charge in [0.15, 0.2) is 4.34 Å². The minimum absolute atomic E-state index is 0. The highest BCUT2D eigenvalue weighted by molar-refractivity contribution is 8.01. The van der Waals surface area contributed by atoms with Crippen molar-refractivity contribution in [2.24, 2.45) is 0 Å². The minimum Gasteiger partial charge on any atom is -0.381 e. The Balaban J connectivity index is 0.00000370. The molecule has 0 saturated carbocycles. The third-order valence-corrected chi connectivity index (χ3v) is 9.32. The Kier molecular flexibility index (Phi) is 11.5. The average Bonchev–Trinajstić information content (AvgIpc) is 3.44. The number of thiazole rings is 1. The van der Waals surface area contributed by atoms with Crippen LogP contribution in [0.1, 0.15) is 24.0 Å². The van der Waals surface area contributed by atoms with Gasteiger partial charge in [-0.25, -0.2) is 4.98 Å². The molecule has 1 amide bonds. The molecule has 0 atom stereocenters. The molecule has 2 aromatic heterocycles. The molecule has 1 fully saturated rings. The Bertz CT molecular complexity index is 1400. The van der Waals surface area contributed by atoms with Crippen LogP contribution < -0.4 is 10.6 Å². The quantitative estimate of drug-likeness (QED) is 0.177. The first kappa shape index (κ1) is 30.6. The number of piperidine rings is 1. The fraction of sp³-hybridized carbons (Fsp3) is 0.276. The molecule has 0 unspecified atom stereocenters. The second-order valence-electron chi connectivity index (χ2n) is 9.44. The highest BCUT2D eigenvalue weighted by atomic mass is 35.5. The number of amides is 1. The molecule has 2 aromatic carbocycles. The number of nitrogens with one attached hydrogen (secondary N) is 2. The summed E-state index contributed by atoms with van der Waals surface area (Å²) in [5, 5.41) is 9.87. The van der Waals surface area contributed by atoms with Crippen LogP contribution in [0.5, 0.6) is 0 Å². The topological polar surface area (TPSA) is 70.1 Å². The number of aromatic nitrogens is 2. The van der Waals surface area contributed by atoms with Gasteiger partial charge in [0, 0.05) is 61.2 Å². The molecule has 6 nitrogen and oxygen atoms in total. The number of benzene rings is 2. The van der Waals surface area contributed by atoms with Crippen LogP contribution in [-0.4, -0.2) is 45.7 Å². The molecule has 11 heteroatoms. The zero-order valence-electron chi connectivity index (χ0n) is 21.7. The van der Waals surface area contributed by atoms with Gasteiger partial charge in [0.2, 0.25) is 5.91 Å². The van der Waals surface area contributed by atoms with Gasteiger partial charge in [0.1, 0.15) is 0 Å². The molecule has 1 saturated heterocycles. The maximum absolute atomic E-state index is 12.6. The zero-order chi connectivity index (χ0) is 27.0. The van der Waals surface area contributed by atoms with Gasteiger partial charge in [0.25, 0.3) is 0 Å². The second-order valence-corrected chi connectivity index (χ2v) is 12.3. The maximum Gasteiger partial charge on any atom is 0.230 e. The van der Waals surface area contributed by atoms with Crippen molar-refractivity contribution in [1.29, 1.82) is 0 Å². The number of pyridine rings is 1. The third-order valence-electron chi connectivity index (χ3n) is 6.56. The molecule has 210 valence electrons. The highest BCUT2D eigenvalue weighted by Gasteiger charge is 2.21. The number of hydrogen-bond acceptors (Lipinski definition) is 7. The van der Waals surface area contributed by atoms with Crippen LogP contribution in [0, 0.1) is 0 Å². The van der Waals surface area contributed by atoms with Crippen molar-refractivity contribution in [1.82, 2.24) is 20.2 Å². The monoisotopic (exact) mass is 633 g/mol. The van der Waals surface area contributed by atoms with Gasteiger partial charge in [-0.05, 0) is 60.4 Å². The lowest BCUT2D eigenvalue weighted by Crippen LogP contribution is -2.44. The first-order valence-corrected chi connectivity index (χ1v) is 15.4. The Morgan fingerprint density at radius 3 is 2.60 bits per heavy atom. The predicted molar refractivity (Wildman–Crippen MR) is 170 cm³/mol. The first-order chi connectivity index (χ1) is 19.0. The van der Waals surface area contributed by atoms with E-state index in [-0.39, 0.29) is 24.4 Å². The lowest BCUT2D eigenvalue weighted by molar-refractivity contribution is -0.119. The maximum atomic E-state index is 12.6. The first-order valence-electron chi connectivity index (χ1n) is 12.8. The lowest BCUT2D eigenvalue weighted by Gasteiger charge is -2.32. The van der Waals surface area contributed by atoms with E-state index in [0.29, 0.717) is 15.8 Å². The number of likely N-dealkylation sites (tertiary alicyclic amines) is 1.